The van der Waals surface area contributed by atoms with E-state index in [-0.39, 0.29) is 41.2 Å². The summed E-state index contributed by atoms with van der Waals surface area (Å²) >= 11 is 4.33. The van der Waals surface area contributed by atoms with Gasteiger partial charge >= 0.3 is 5.97 Å². The number of hydrogen-bond donors (Lipinski definition) is 6. The van der Waals surface area contributed by atoms with Crippen LogP contribution in [0, 0.1) is 6.92 Å². The van der Waals surface area contributed by atoms with Gasteiger partial charge in [0.25, 0.3) is 0 Å². The molecule has 0 spiro atoms. The van der Waals surface area contributed by atoms with E-state index in [2.05, 4.69) is 66.1 Å². The lowest BCUT2D eigenvalue weighted by Gasteiger charge is -2.38. The molecule has 0 saturated heterocycles. The van der Waals surface area contributed by atoms with Crippen LogP contribution in [0.5, 0.6) is 0 Å². The van der Waals surface area contributed by atoms with E-state index < -0.39 is 5.97 Å². The van der Waals surface area contributed by atoms with Gasteiger partial charge in [-0.25, -0.2) is 0 Å². The van der Waals surface area contributed by atoms with E-state index in [9.17, 15) is 24.0 Å². The van der Waals surface area contributed by atoms with Crippen LogP contribution in [0.15, 0.2) is 145 Å². The van der Waals surface area contributed by atoms with Crippen LogP contribution < -0.4 is 31.1 Å². The molecule has 4 heterocycles. The molecule has 1 unspecified atom stereocenters. The molecule has 1 atom stereocenters. The minimum atomic E-state index is -0.942. The van der Waals surface area contributed by atoms with E-state index in [1.54, 1.807) is 23.1 Å². The topological polar surface area (TPSA) is 179 Å². The first kappa shape index (κ1) is 51.8. The van der Waals surface area contributed by atoms with Crippen molar-refractivity contribution >= 4 is 109 Å². The number of carbonyl (C=O) groups excluding carboxylic acids is 4. The number of benzene rings is 5. The van der Waals surface area contributed by atoms with Gasteiger partial charge in [-0.1, -0.05) is 72.8 Å². The molecule has 5 aromatic carbocycles. The molecule has 2 aliphatic heterocycles. The van der Waals surface area contributed by atoms with Crippen molar-refractivity contribution in [3.8, 4) is 0 Å². The Balaban J connectivity index is 0.000000176. The van der Waals surface area contributed by atoms with Crippen LogP contribution in [0.2, 0.25) is 0 Å². The Morgan fingerprint density at radius 3 is 1.96 bits per heavy atom. The number of carboxylic acids is 1. The molecule has 0 saturated carbocycles. The maximum atomic E-state index is 13.0. The van der Waals surface area contributed by atoms with Gasteiger partial charge in [0, 0.05) is 65.2 Å². The highest BCUT2D eigenvalue weighted by atomic mass is 32.2. The molecular weight excluding hydrogens is 953 g/mol. The maximum Gasteiger partial charge on any atom is 0.313 e. The molecule has 0 aliphatic carbocycles. The average molecular weight is 1010 g/mol. The SMILES string of the molecule is CN(C)CCSCC(=O)Nc1ccc(CN2CC(=O)Nc3ccccc32)cc1.Cc1c[nH]c2ccccc12.O=C(O)CSCC(=O)Nc1ccc(CN2c3ccccc3NC(=O)C2Cc2cccs2)cc1. The highest BCUT2D eigenvalue weighted by Gasteiger charge is 2.33. The third-order valence-corrected chi connectivity index (χ3v) is 14.1. The number of amides is 4. The van der Waals surface area contributed by atoms with Gasteiger partial charge in [0.2, 0.25) is 23.6 Å². The highest BCUT2D eigenvalue weighted by molar-refractivity contribution is 8.00. The number of anilines is 6. The van der Waals surface area contributed by atoms with Gasteiger partial charge < -0.3 is 46.1 Å². The summed E-state index contributed by atoms with van der Waals surface area (Å²) in [5, 5.41) is 23.6. The minimum Gasteiger partial charge on any atom is -0.481 e. The van der Waals surface area contributed by atoms with Crippen molar-refractivity contribution in [3.05, 3.63) is 167 Å². The molecule has 0 bridgehead atoms. The smallest absolute Gasteiger partial charge is 0.313 e. The molecule has 71 heavy (non-hydrogen) atoms. The van der Waals surface area contributed by atoms with Gasteiger partial charge in [-0.3, -0.25) is 24.0 Å². The summed E-state index contributed by atoms with van der Waals surface area (Å²) in [4.78, 5) is 70.1. The number of carboxylic acid groups (broad SMARTS) is 1. The van der Waals surface area contributed by atoms with E-state index in [4.69, 9.17) is 5.11 Å². The number of thiophene rings is 1. The molecule has 6 N–H and O–H groups in total. The van der Waals surface area contributed by atoms with Gasteiger partial charge in [-0.2, -0.15) is 11.8 Å². The Morgan fingerprint density at radius 1 is 0.718 bits per heavy atom. The number of nitrogens with one attached hydrogen (secondary N) is 5. The summed E-state index contributed by atoms with van der Waals surface area (Å²) in [7, 11) is 4.05. The number of hydrogen-bond acceptors (Lipinski definition) is 11. The van der Waals surface area contributed by atoms with Crippen molar-refractivity contribution < 1.29 is 29.1 Å². The minimum absolute atomic E-state index is 0.00523. The third kappa shape index (κ3) is 15.5. The normalized spacial score (nSPS) is 13.7. The van der Waals surface area contributed by atoms with Crippen LogP contribution in [0.1, 0.15) is 21.6 Å². The first-order valence-corrected chi connectivity index (χ1v) is 26.2. The summed E-state index contributed by atoms with van der Waals surface area (Å²) in [6.45, 7) is 4.59. The monoisotopic (exact) mass is 1010 g/mol. The number of fused-ring (bicyclic) bond motifs is 3. The molecule has 2 aliphatic rings. The Kier molecular flexibility index (Phi) is 18.7. The van der Waals surface area contributed by atoms with E-state index in [1.807, 2.05) is 141 Å². The average Bonchev–Trinajstić information content (AvgIpc) is 4.02. The van der Waals surface area contributed by atoms with Gasteiger partial charge in [0.15, 0.2) is 0 Å². The number of aromatic nitrogens is 1. The largest absolute Gasteiger partial charge is 0.481 e. The lowest BCUT2D eigenvalue weighted by molar-refractivity contribution is -0.134. The zero-order chi connectivity index (χ0) is 50.1. The zero-order valence-electron chi connectivity index (χ0n) is 39.9. The molecule has 2 aromatic heterocycles. The van der Waals surface area contributed by atoms with Crippen molar-refractivity contribution in [1.29, 1.82) is 0 Å². The molecule has 17 heteroatoms. The quantitative estimate of drug-likeness (QED) is 0.0479. The second-order valence-corrected chi connectivity index (χ2v) is 20.2. The summed E-state index contributed by atoms with van der Waals surface area (Å²) in [5.41, 5.74) is 9.71. The number of thioether (sulfide) groups is 2. The number of aromatic amines is 1. The van der Waals surface area contributed by atoms with E-state index >= 15 is 0 Å². The number of aryl methyl sites for hydroxylation is 1. The molecular formula is C54H58N8O6S3. The fourth-order valence-electron chi connectivity index (χ4n) is 7.88. The molecule has 0 radical (unpaired) electrons. The highest BCUT2D eigenvalue weighted by Crippen LogP contribution is 2.35. The van der Waals surface area contributed by atoms with E-state index in [0.717, 1.165) is 68.5 Å². The van der Waals surface area contributed by atoms with Gasteiger partial charge in [-0.15, -0.1) is 23.1 Å². The van der Waals surface area contributed by atoms with Crippen LogP contribution in [0.4, 0.5) is 34.1 Å². The van der Waals surface area contributed by atoms with Crippen LogP contribution in [-0.2, 0) is 43.5 Å². The summed E-state index contributed by atoms with van der Waals surface area (Å²) in [5.74, 6) is 0.160. The Hall–Kier alpha value is -7.05. The van der Waals surface area contributed by atoms with Crippen molar-refractivity contribution in [2.45, 2.75) is 32.5 Å². The third-order valence-electron chi connectivity index (χ3n) is 11.4. The standard InChI is InChI=1S/C24H23N3O4S2.C21H26N4O2S.C9H9N/c28-22(14-32-15-23(29)30)25-17-9-7-16(8-10-17)13-27-20-6-2-1-5-19(20)26-24(31)21(27)12-18-4-3-11-33-18;1-24(2)11-12-28-15-21(27)22-17-9-7-16(8-10-17)13-25-14-20(26)23-18-5-3-4-6-19(18)25;1-7-6-10-9-5-3-2-4-8(7)9/h1-11,21H,12-15H2,(H,25,28)(H,26,31)(H,29,30);3-10H,11-15H2,1-2H3,(H,22,27)(H,23,26);2-6,10H,1H3. The van der Waals surface area contributed by atoms with Crippen LogP contribution >= 0.6 is 34.9 Å². The van der Waals surface area contributed by atoms with E-state index in [0.29, 0.717) is 37.5 Å². The predicted octanol–water partition coefficient (Wildman–Crippen LogP) is 9.43. The second kappa shape index (κ2) is 25.7. The van der Waals surface area contributed by atoms with Crippen LogP contribution in [0.25, 0.3) is 10.9 Å². The zero-order valence-corrected chi connectivity index (χ0v) is 42.3. The number of H-pyrrole nitrogens is 1. The number of para-hydroxylation sites is 5. The van der Waals surface area contributed by atoms with Crippen molar-refractivity contribution in [3.63, 3.8) is 0 Å². The molecule has 14 nitrogen and oxygen atoms in total. The Labute approximate surface area is 426 Å². The lowest BCUT2D eigenvalue weighted by Crippen LogP contribution is -2.48. The van der Waals surface area contributed by atoms with E-state index in [1.165, 1.54) is 16.5 Å². The van der Waals surface area contributed by atoms with Crippen molar-refractivity contribution in [1.82, 2.24) is 9.88 Å². The van der Waals surface area contributed by atoms with Crippen molar-refractivity contribution in [2.24, 2.45) is 0 Å². The molecule has 4 amide bonds. The summed E-state index contributed by atoms with van der Waals surface area (Å²) < 4.78 is 0. The number of nitrogens with zero attached hydrogens (tertiary/aromatic N) is 3. The molecule has 9 rings (SSSR count). The first-order valence-electron chi connectivity index (χ1n) is 23.0. The molecule has 0 fully saturated rings. The van der Waals surface area contributed by atoms with Crippen LogP contribution in [0.3, 0.4) is 0 Å². The molecule has 7 aromatic rings. The Bertz CT molecular complexity index is 2890. The lowest BCUT2D eigenvalue weighted by atomic mass is 10.0. The number of carbonyl (C=O) groups is 5. The van der Waals surface area contributed by atoms with Gasteiger partial charge in [0.05, 0.1) is 46.6 Å². The predicted molar refractivity (Wildman–Crippen MR) is 293 cm³/mol. The summed E-state index contributed by atoms with van der Waals surface area (Å²) in [6.07, 6.45) is 2.66. The first-order chi connectivity index (χ1) is 34.4. The molecule has 368 valence electrons. The van der Waals surface area contributed by atoms with Crippen LogP contribution in [-0.4, -0.2) is 101 Å². The maximum absolute atomic E-state index is 13.0. The van der Waals surface area contributed by atoms with Crippen molar-refractivity contribution in [2.75, 3.05) is 81.3 Å². The van der Waals surface area contributed by atoms with Gasteiger partial charge in [-0.05, 0) is 104 Å². The number of aliphatic carboxylic acids is 1. The van der Waals surface area contributed by atoms with Gasteiger partial charge in [0.1, 0.15) is 6.04 Å². The number of rotatable bonds is 17. The fourth-order valence-corrected chi connectivity index (χ4v) is 10.0. The summed E-state index contributed by atoms with van der Waals surface area (Å²) in [6, 6.07) is 42.9. The second-order valence-electron chi connectivity index (χ2n) is 17.1. The Morgan fingerprint density at radius 2 is 1.32 bits per heavy atom. The fraction of sp³-hybridized carbons (Fsp3) is 0.241.